The van der Waals surface area contributed by atoms with Gasteiger partial charge in [0.05, 0.1) is 5.69 Å². The van der Waals surface area contributed by atoms with Crippen molar-refractivity contribution in [1.29, 1.82) is 0 Å². The largest absolute Gasteiger partial charge is 0.385 e. The third-order valence-electron chi connectivity index (χ3n) is 2.18. The normalized spacial score (nSPS) is 11.3. The van der Waals surface area contributed by atoms with E-state index in [1.807, 2.05) is 6.07 Å². The third kappa shape index (κ3) is 6.41. The van der Waals surface area contributed by atoms with E-state index in [1.54, 1.807) is 7.11 Å². The third-order valence-corrected chi connectivity index (χ3v) is 2.18. The van der Waals surface area contributed by atoms with Gasteiger partial charge < -0.3 is 19.3 Å². The van der Waals surface area contributed by atoms with E-state index in [9.17, 15) is 0 Å². The molecular weight excluding hydrogens is 220 g/mol. The summed E-state index contributed by atoms with van der Waals surface area (Å²) in [7, 11) is 1.68. The highest BCUT2D eigenvalue weighted by atomic mass is 16.5. The molecule has 5 nitrogen and oxygen atoms in total. The zero-order valence-corrected chi connectivity index (χ0v) is 10.9. The maximum atomic E-state index is 5.43. The van der Waals surface area contributed by atoms with Crippen molar-refractivity contribution in [3.63, 3.8) is 0 Å². The van der Waals surface area contributed by atoms with Crippen molar-refractivity contribution in [3.05, 3.63) is 17.5 Å². The van der Waals surface area contributed by atoms with E-state index in [4.69, 9.17) is 14.0 Å². The van der Waals surface area contributed by atoms with Crippen molar-refractivity contribution in [3.8, 4) is 0 Å². The van der Waals surface area contributed by atoms with Crippen molar-refractivity contribution in [2.24, 2.45) is 0 Å². The Bertz CT molecular complexity index is 300. The summed E-state index contributed by atoms with van der Waals surface area (Å²) in [5.41, 5.74) is 0.911. The fourth-order valence-corrected chi connectivity index (χ4v) is 1.29. The van der Waals surface area contributed by atoms with Crippen molar-refractivity contribution in [1.82, 2.24) is 10.5 Å². The molecule has 0 saturated heterocycles. The first-order valence-electron chi connectivity index (χ1n) is 5.97. The first-order valence-corrected chi connectivity index (χ1v) is 5.97. The van der Waals surface area contributed by atoms with E-state index in [1.165, 1.54) is 0 Å². The van der Waals surface area contributed by atoms with E-state index < -0.39 is 0 Å². The number of ether oxygens (including phenoxy) is 2. The molecule has 0 radical (unpaired) electrons. The SMILES string of the molecule is COCCCOCc1cc(CNC(C)C)no1. The Balaban J connectivity index is 2.17. The standard InChI is InChI=1S/C12H22N2O3/c1-10(2)13-8-11-7-12(17-14-11)9-16-6-4-5-15-3/h7,10,13H,4-6,8-9H2,1-3H3. The van der Waals surface area contributed by atoms with Gasteiger partial charge >= 0.3 is 0 Å². The second-order valence-electron chi connectivity index (χ2n) is 4.22. The van der Waals surface area contributed by atoms with Crippen molar-refractivity contribution in [2.45, 2.75) is 39.5 Å². The fourth-order valence-electron chi connectivity index (χ4n) is 1.29. The van der Waals surface area contributed by atoms with Gasteiger partial charge in [-0.05, 0) is 6.42 Å². The summed E-state index contributed by atoms with van der Waals surface area (Å²) >= 11 is 0. The molecular formula is C12H22N2O3. The summed E-state index contributed by atoms with van der Waals surface area (Å²) in [6, 6.07) is 2.37. The van der Waals surface area contributed by atoms with Gasteiger partial charge in [0.25, 0.3) is 0 Å². The van der Waals surface area contributed by atoms with Crippen LogP contribution >= 0.6 is 0 Å². The van der Waals surface area contributed by atoms with Gasteiger partial charge in [0.1, 0.15) is 6.61 Å². The lowest BCUT2D eigenvalue weighted by Gasteiger charge is -2.03. The highest BCUT2D eigenvalue weighted by Crippen LogP contribution is 2.05. The summed E-state index contributed by atoms with van der Waals surface area (Å²) in [4.78, 5) is 0. The van der Waals surface area contributed by atoms with Crippen LogP contribution in [0.5, 0.6) is 0 Å². The van der Waals surface area contributed by atoms with Crippen LogP contribution in [0.25, 0.3) is 0 Å². The monoisotopic (exact) mass is 242 g/mol. The predicted molar refractivity (Wildman–Crippen MR) is 64.6 cm³/mol. The van der Waals surface area contributed by atoms with Crippen LogP contribution < -0.4 is 5.32 Å². The van der Waals surface area contributed by atoms with Crippen LogP contribution in [0.15, 0.2) is 10.6 Å². The summed E-state index contributed by atoms with van der Waals surface area (Å²) < 4.78 is 15.5. The first kappa shape index (κ1) is 14.2. The summed E-state index contributed by atoms with van der Waals surface area (Å²) in [5, 5.41) is 7.24. The zero-order chi connectivity index (χ0) is 12.5. The molecule has 1 N–H and O–H groups in total. The minimum atomic E-state index is 0.445. The zero-order valence-electron chi connectivity index (χ0n) is 10.9. The lowest BCUT2D eigenvalue weighted by atomic mass is 10.3. The van der Waals surface area contributed by atoms with E-state index in [2.05, 4.69) is 24.3 Å². The van der Waals surface area contributed by atoms with Gasteiger partial charge in [-0.25, -0.2) is 0 Å². The summed E-state index contributed by atoms with van der Waals surface area (Å²) in [5.74, 6) is 0.767. The van der Waals surface area contributed by atoms with E-state index in [0.29, 0.717) is 19.3 Å². The maximum absolute atomic E-state index is 5.43. The molecule has 0 spiro atoms. The highest BCUT2D eigenvalue weighted by Gasteiger charge is 2.04. The Morgan fingerprint density at radius 2 is 2.24 bits per heavy atom. The number of methoxy groups -OCH3 is 1. The molecule has 98 valence electrons. The van der Waals surface area contributed by atoms with Crippen molar-refractivity contribution in [2.75, 3.05) is 20.3 Å². The molecule has 0 saturated carbocycles. The molecule has 1 aromatic rings. The average molecular weight is 242 g/mol. The minimum Gasteiger partial charge on any atom is -0.385 e. The molecule has 0 aromatic carbocycles. The fraction of sp³-hybridized carbons (Fsp3) is 0.750. The number of hydrogen-bond donors (Lipinski definition) is 1. The van der Waals surface area contributed by atoms with Gasteiger partial charge in [0.2, 0.25) is 0 Å². The quantitative estimate of drug-likeness (QED) is 0.668. The molecule has 0 fully saturated rings. The molecule has 1 rings (SSSR count). The van der Waals surface area contributed by atoms with Gasteiger partial charge in [-0.1, -0.05) is 19.0 Å². The Morgan fingerprint density at radius 3 is 2.94 bits per heavy atom. The second kappa shape index (κ2) is 8.22. The van der Waals surface area contributed by atoms with Gasteiger partial charge in [0, 0.05) is 39.0 Å². The number of aromatic nitrogens is 1. The lowest BCUT2D eigenvalue weighted by molar-refractivity contribution is 0.0794. The number of rotatable bonds is 9. The van der Waals surface area contributed by atoms with Crippen molar-refractivity contribution >= 4 is 0 Å². The lowest BCUT2D eigenvalue weighted by Crippen LogP contribution is -2.21. The van der Waals surface area contributed by atoms with Gasteiger partial charge in [-0.2, -0.15) is 0 Å². The van der Waals surface area contributed by atoms with Crippen LogP contribution in [0.1, 0.15) is 31.7 Å². The van der Waals surface area contributed by atoms with E-state index in [0.717, 1.165) is 31.0 Å². The Hall–Kier alpha value is -0.910. The van der Waals surface area contributed by atoms with Gasteiger partial charge in [-0.15, -0.1) is 0 Å². The first-order chi connectivity index (χ1) is 8.22. The topological polar surface area (TPSA) is 56.5 Å². The molecule has 0 unspecified atom stereocenters. The van der Waals surface area contributed by atoms with Crippen LogP contribution in [-0.2, 0) is 22.6 Å². The molecule has 0 aliphatic carbocycles. The predicted octanol–water partition coefficient (Wildman–Crippen LogP) is 1.73. The molecule has 17 heavy (non-hydrogen) atoms. The summed E-state index contributed by atoms with van der Waals surface area (Å²) in [6.07, 6.45) is 0.895. The number of hydrogen-bond acceptors (Lipinski definition) is 5. The van der Waals surface area contributed by atoms with E-state index in [-0.39, 0.29) is 0 Å². The second-order valence-corrected chi connectivity index (χ2v) is 4.22. The molecule has 1 aromatic heterocycles. The maximum Gasteiger partial charge on any atom is 0.162 e. The van der Waals surface area contributed by atoms with Crippen LogP contribution in [0.3, 0.4) is 0 Å². The number of nitrogens with zero attached hydrogens (tertiary/aromatic N) is 1. The Morgan fingerprint density at radius 1 is 1.41 bits per heavy atom. The molecule has 0 aliphatic rings. The van der Waals surface area contributed by atoms with Crippen LogP contribution in [-0.4, -0.2) is 31.5 Å². The highest BCUT2D eigenvalue weighted by molar-refractivity contribution is 5.04. The van der Waals surface area contributed by atoms with E-state index >= 15 is 0 Å². The molecule has 5 heteroatoms. The smallest absolute Gasteiger partial charge is 0.162 e. The summed E-state index contributed by atoms with van der Waals surface area (Å²) in [6.45, 7) is 6.79. The van der Waals surface area contributed by atoms with Gasteiger partial charge in [0.15, 0.2) is 5.76 Å². The number of nitrogens with one attached hydrogen (secondary N) is 1. The van der Waals surface area contributed by atoms with Gasteiger partial charge in [-0.3, -0.25) is 0 Å². The average Bonchev–Trinajstić information content (AvgIpc) is 2.74. The Labute approximate surface area is 102 Å². The molecule has 1 heterocycles. The van der Waals surface area contributed by atoms with Crippen LogP contribution in [0.2, 0.25) is 0 Å². The Kier molecular flexibility index (Phi) is 6.84. The molecule has 0 bridgehead atoms. The minimum absolute atomic E-state index is 0.445. The van der Waals surface area contributed by atoms with Crippen LogP contribution in [0.4, 0.5) is 0 Å². The molecule has 0 amide bonds. The molecule has 0 aliphatic heterocycles. The molecule has 0 atom stereocenters. The van der Waals surface area contributed by atoms with Crippen LogP contribution in [0, 0.1) is 0 Å². The van der Waals surface area contributed by atoms with Crippen molar-refractivity contribution < 1.29 is 14.0 Å².